The SMILES string of the molecule is COC(=O)N1CCC2(CC1)OC(OC)Cc1sccc12. The highest BCUT2D eigenvalue weighted by Gasteiger charge is 2.45. The Morgan fingerprint density at radius 3 is 2.85 bits per heavy atom. The molecule has 0 aliphatic carbocycles. The summed E-state index contributed by atoms with van der Waals surface area (Å²) in [5.74, 6) is 0. The number of carbonyl (C=O) groups excluding carboxylic acids is 1. The number of piperidine rings is 1. The van der Waals surface area contributed by atoms with E-state index in [-0.39, 0.29) is 18.0 Å². The summed E-state index contributed by atoms with van der Waals surface area (Å²) in [5, 5.41) is 2.11. The van der Waals surface area contributed by atoms with Crippen LogP contribution in [-0.4, -0.2) is 44.6 Å². The number of rotatable bonds is 1. The Kier molecular flexibility index (Phi) is 3.70. The van der Waals surface area contributed by atoms with E-state index < -0.39 is 0 Å². The van der Waals surface area contributed by atoms with Gasteiger partial charge in [0.1, 0.15) is 5.60 Å². The summed E-state index contributed by atoms with van der Waals surface area (Å²) in [6.07, 6.45) is 1.93. The fraction of sp³-hybridized carbons (Fsp3) is 0.643. The minimum atomic E-state index is -0.307. The second-order valence-corrected chi connectivity index (χ2v) is 6.20. The zero-order chi connectivity index (χ0) is 14.2. The largest absolute Gasteiger partial charge is 0.453 e. The fourth-order valence-electron chi connectivity index (χ4n) is 3.11. The lowest BCUT2D eigenvalue weighted by Crippen LogP contribution is -2.50. The molecule has 110 valence electrons. The molecule has 20 heavy (non-hydrogen) atoms. The first-order valence-electron chi connectivity index (χ1n) is 6.79. The lowest BCUT2D eigenvalue weighted by Gasteiger charge is -2.45. The Bertz CT molecular complexity index is 493. The number of hydrogen-bond acceptors (Lipinski definition) is 5. The summed E-state index contributed by atoms with van der Waals surface area (Å²) in [6.45, 7) is 1.30. The van der Waals surface area contributed by atoms with Gasteiger partial charge in [0, 0.05) is 31.5 Å². The van der Waals surface area contributed by atoms with Crippen LogP contribution in [0.1, 0.15) is 23.3 Å². The highest BCUT2D eigenvalue weighted by Crippen LogP contribution is 2.45. The molecular weight excluding hydrogens is 278 g/mol. The quantitative estimate of drug-likeness (QED) is 0.798. The fourth-order valence-corrected chi connectivity index (χ4v) is 4.09. The van der Waals surface area contributed by atoms with E-state index in [1.165, 1.54) is 17.6 Å². The van der Waals surface area contributed by atoms with Crippen LogP contribution in [0, 0.1) is 0 Å². The second kappa shape index (κ2) is 5.35. The summed E-state index contributed by atoms with van der Waals surface area (Å²) < 4.78 is 16.4. The Balaban J connectivity index is 1.82. The van der Waals surface area contributed by atoms with Crippen molar-refractivity contribution >= 4 is 17.4 Å². The van der Waals surface area contributed by atoms with Gasteiger partial charge < -0.3 is 19.1 Å². The number of hydrogen-bond donors (Lipinski definition) is 0. The van der Waals surface area contributed by atoms with E-state index in [9.17, 15) is 4.79 Å². The van der Waals surface area contributed by atoms with Gasteiger partial charge in [-0.2, -0.15) is 0 Å². The first-order chi connectivity index (χ1) is 9.68. The van der Waals surface area contributed by atoms with E-state index in [1.54, 1.807) is 23.3 Å². The number of carbonyl (C=O) groups is 1. The van der Waals surface area contributed by atoms with Gasteiger partial charge in [-0.15, -0.1) is 11.3 Å². The van der Waals surface area contributed by atoms with E-state index in [0.717, 1.165) is 19.3 Å². The first-order valence-corrected chi connectivity index (χ1v) is 7.67. The maximum Gasteiger partial charge on any atom is 0.409 e. The summed E-state index contributed by atoms with van der Waals surface area (Å²) in [6, 6.07) is 2.15. The van der Waals surface area contributed by atoms with Crippen molar-refractivity contribution in [2.75, 3.05) is 27.3 Å². The Morgan fingerprint density at radius 2 is 2.20 bits per heavy atom. The van der Waals surface area contributed by atoms with E-state index in [0.29, 0.717) is 13.1 Å². The van der Waals surface area contributed by atoms with Crippen molar-refractivity contribution in [1.29, 1.82) is 0 Å². The van der Waals surface area contributed by atoms with Gasteiger partial charge in [0.05, 0.1) is 7.11 Å². The zero-order valence-corrected chi connectivity index (χ0v) is 12.6. The third-order valence-corrected chi connectivity index (χ3v) is 5.16. The van der Waals surface area contributed by atoms with Gasteiger partial charge in [0.25, 0.3) is 0 Å². The molecule has 1 unspecified atom stereocenters. The van der Waals surface area contributed by atoms with E-state index in [1.807, 2.05) is 0 Å². The smallest absolute Gasteiger partial charge is 0.409 e. The molecule has 1 saturated heterocycles. The molecule has 1 amide bonds. The summed E-state index contributed by atoms with van der Waals surface area (Å²) in [7, 11) is 3.10. The van der Waals surface area contributed by atoms with Crippen molar-refractivity contribution in [2.24, 2.45) is 0 Å². The molecule has 1 spiro atoms. The monoisotopic (exact) mass is 297 g/mol. The molecule has 0 aromatic carbocycles. The molecule has 2 aliphatic rings. The number of ether oxygens (including phenoxy) is 3. The van der Waals surface area contributed by atoms with Crippen LogP contribution >= 0.6 is 11.3 Å². The van der Waals surface area contributed by atoms with E-state index in [2.05, 4.69) is 11.4 Å². The molecule has 2 aliphatic heterocycles. The van der Waals surface area contributed by atoms with Gasteiger partial charge in [0.2, 0.25) is 0 Å². The second-order valence-electron chi connectivity index (χ2n) is 5.20. The number of thiophene rings is 1. The maximum absolute atomic E-state index is 11.6. The predicted molar refractivity (Wildman–Crippen MR) is 74.8 cm³/mol. The molecule has 0 saturated carbocycles. The highest BCUT2D eigenvalue weighted by molar-refractivity contribution is 7.10. The number of amides is 1. The summed E-state index contributed by atoms with van der Waals surface area (Å²) in [5.41, 5.74) is 0.971. The van der Waals surface area contributed by atoms with Gasteiger partial charge in [-0.1, -0.05) is 0 Å². The Hall–Kier alpha value is -1.11. The standard InChI is InChI=1S/C14H19NO4S/c1-17-12-9-11-10(3-8-20-11)14(19-12)4-6-15(7-5-14)13(16)18-2/h3,8,12H,4-7,9H2,1-2H3. The normalized spacial score (nSPS) is 24.5. The van der Waals surface area contributed by atoms with Crippen LogP contribution < -0.4 is 0 Å². The van der Waals surface area contributed by atoms with Crippen molar-refractivity contribution in [3.8, 4) is 0 Å². The average molecular weight is 297 g/mol. The molecule has 3 rings (SSSR count). The van der Waals surface area contributed by atoms with E-state index >= 15 is 0 Å². The topological polar surface area (TPSA) is 48.0 Å². The van der Waals surface area contributed by atoms with Crippen molar-refractivity contribution in [3.63, 3.8) is 0 Å². The minimum absolute atomic E-state index is 0.189. The maximum atomic E-state index is 11.6. The number of methoxy groups -OCH3 is 2. The molecule has 1 aromatic heterocycles. The third kappa shape index (κ3) is 2.21. The van der Waals surface area contributed by atoms with Gasteiger partial charge in [-0.25, -0.2) is 4.79 Å². The Morgan fingerprint density at radius 1 is 1.45 bits per heavy atom. The molecule has 0 N–H and O–H groups in total. The molecular formula is C14H19NO4S. The first kappa shape index (κ1) is 13.9. The highest BCUT2D eigenvalue weighted by atomic mass is 32.1. The number of nitrogens with zero attached hydrogens (tertiary/aromatic N) is 1. The van der Waals surface area contributed by atoms with Crippen molar-refractivity contribution in [1.82, 2.24) is 4.90 Å². The molecule has 1 fully saturated rings. The van der Waals surface area contributed by atoms with Crippen LogP contribution in [0.25, 0.3) is 0 Å². The van der Waals surface area contributed by atoms with Crippen LogP contribution in [0.4, 0.5) is 4.79 Å². The van der Waals surface area contributed by atoms with Gasteiger partial charge >= 0.3 is 6.09 Å². The molecule has 3 heterocycles. The number of fused-ring (bicyclic) bond motifs is 2. The molecule has 1 aromatic rings. The average Bonchev–Trinajstić information content (AvgIpc) is 2.96. The van der Waals surface area contributed by atoms with Crippen LogP contribution in [-0.2, 0) is 26.2 Å². The van der Waals surface area contributed by atoms with Gasteiger partial charge in [-0.3, -0.25) is 0 Å². The van der Waals surface area contributed by atoms with Gasteiger partial charge in [-0.05, 0) is 29.9 Å². The van der Waals surface area contributed by atoms with Crippen molar-refractivity contribution < 1.29 is 19.0 Å². The van der Waals surface area contributed by atoms with Crippen LogP contribution in [0.15, 0.2) is 11.4 Å². The zero-order valence-electron chi connectivity index (χ0n) is 11.8. The van der Waals surface area contributed by atoms with Crippen molar-refractivity contribution in [2.45, 2.75) is 31.2 Å². The molecule has 0 radical (unpaired) electrons. The minimum Gasteiger partial charge on any atom is -0.453 e. The molecule has 5 nitrogen and oxygen atoms in total. The lowest BCUT2D eigenvalue weighted by molar-refractivity contribution is -0.225. The van der Waals surface area contributed by atoms with E-state index in [4.69, 9.17) is 14.2 Å². The Labute approximate surface area is 122 Å². The molecule has 0 bridgehead atoms. The van der Waals surface area contributed by atoms with Gasteiger partial charge in [0.15, 0.2) is 6.29 Å². The van der Waals surface area contributed by atoms with Crippen LogP contribution in [0.3, 0.4) is 0 Å². The third-order valence-electron chi connectivity index (χ3n) is 4.21. The van der Waals surface area contributed by atoms with Crippen LogP contribution in [0.2, 0.25) is 0 Å². The predicted octanol–water partition coefficient (Wildman–Crippen LogP) is 2.35. The summed E-state index contributed by atoms with van der Waals surface area (Å²) >= 11 is 1.76. The number of likely N-dealkylation sites (tertiary alicyclic amines) is 1. The summed E-state index contributed by atoms with van der Waals surface area (Å²) in [4.78, 5) is 14.7. The van der Waals surface area contributed by atoms with Crippen LogP contribution in [0.5, 0.6) is 0 Å². The molecule has 6 heteroatoms. The lowest BCUT2D eigenvalue weighted by atomic mass is 9.82. The molecule has 1 atom stereocenters. The van der Waals surface area contributed by atoms with Crippen molar-refractivity contribution in [3.05, 3.63) is 21.9 Å².